The van der Waals surface area contributed by atoms with Crippen LogP contribution in [0.15, 0.2) is 78.9 Å². The average molecular weight is 516 g/mol. The number of hydrogen-bond donors (Lipinski definition) is 2. The van der Waals surface area contributed by atoms with E-state index in [4.69, 9.17) is 16.3 Å². The third-order valence-electron chi connectivity index (χ3n) is 6.70. The fraction of sp³-hybridized carbons (Fsp3) is 0.133. The lowest BCUT2D eigenvalue weighted by molar-refractivity contribution is -0.123. The summed E-state index contributed by atoms with van der Waals surface area (Å²) in [7, 11) is 1.56. The summed E-state index contributed by atoms with van der Waals surface area (Å²) in [5.41, 5.74) is 4.98. The summed E-state index contributed by atoms with van der Waals surface area (Å²) in [6, 6.07) is 22.0. The third kappa shape index (κ3) is 4.45. The maximum Gasteiger partial charge on any atom is 0.336 e. The number of carbonyl (C=O) groups is 2. The highest BCUT2D eigenvalue weighted by Crippen LogP contribution is 2.48. The second kappa shape index (κ2) is 9.71. The molecule has 1 amide bonds. The molecule has 0 bridgehead atoms. The number of aromatic carboxylic acids is 1. The molecule has 0 aromatic heterocycles. The van der Waals surface area contributed by atoms with Crippen LogP contribution in [0.25, 0.3) is 22.3 Å². The zero-order valence-corrected chi connectivity index (χ0v) is 20.8. The summed E-state index contributed by atoms with van der Waals surface area (Å²) in [4.78, 5) is 25.2. The number of rotatable bonds is 5. The lowest BCUT2D eigenvalue weighted by Gasteiger charge is -2.18. The molecule has 4 aromatic carbocycles. The molecule has 186 valence electrons. The Morgan fingerprint density at radius 1 is 0.946 bits per heavy atom. The average Bonchev–Trinajstić information content (AvgIpc) is 3.27. The Morgan fingerprint density at radius 3 is 2.35 bits per heavy atom. The largest absolute Gasteiger partial charge is 0.484 e. The van der Waals surface area contributed by atoms with E-state index in [0.717, 1.165) is 16.7 Å². The van der Waals surface area contributed by atoms with Crippen LogP contribution < -0.4 is 10.1 Å². The van der Waals surface area contributed by atoms with Crippen molar-refractivity contribution in [2.24, 2.45) is 0 Å². The molecule has 0 saturated heterocycles. The summed E-state index contributed by atoms with van der Waals surface area (Å²) in [5, 5.41) is 13.2. The standard InChI is InChI=1S/C30H23ClFNO4/c1-16-13-22(20-5-3-4-6-25(20)31)23(30(35)36)15-21(16)18-9-12-26-24(14-18)27(29(34)33-2)28(37-26)17-7-10-19(32)11-8-17/h3-15,27-28H,1-2H3,(H,33,34)(H,35,36). The van der Waals surface area contributed by atoms with Gasteiger partial charge in [0.25, 0.3) is 0 Å². The number of halogens is 2. The van der Waals surface area contributed by atoms with Crippen LogP contribution in [-0.4, -0.2) is 24.0 Å². The van der Waals surface area contributed by atoms with Gasteiger partial charge in [-0.15, -0.1) is 0 Å². The summed E-state index contributed by atoms with van der Waals surface area (Å²) >= 11 is 6.38. The molecule has 5 nitrogen and oxygen atoms in total. The predicted octanol–water partition coefficient (Wildman–Crippen LogP) is 6.78. The van der Waals surface area contributed by atoms with Crippen molar-refractivity contribution in [1.29, 1.82) is 0 Å². The minimum absolute atomic E-state index is 0.123. The van der Waals surface area contributed by atoms with Gasteiger partial charge in [-0.2, -0.15) is 0 Å². The van der Waals surface area contributed by atoms with Crippen LogP contribution in [0.3, 0.4) is 0 Å². The van der Waals surface area contributed by atoms with Crippen LogP contribution in [-0.2, 0) is 4.79 Å². The topological polar surface area (TPSA) is 75.6 Å². The number of nitrogens with one attached hydrogen (secondary N) is 1. The molecule has 1 aliphatic rings. The molecule has 7 heteroatoms. The van der Waals surface area contributed by atoms with Crippen molar-refractivity contribution < 1.29 is 23.8 Å². The van der Waals surface area contributed by atoms with Crippen LogP contribution in [0.2, 0.25) is 5.02 Å². The first kappa shape index (κ1) is 24.5. The quantitative estimate of drug-likeness (QED) is 0.307. The van der Waals surface area contributed by atoms with Gasteiger partial charge in [-0.05, 0) is 77.2 Å². The monoisotopic (exact) mass is 515 g/mol. The molecule has 4 aromatic rings. The van der Waals surface area contributed by atoms with Gasteiger partial charge in [0.2, 0.25) is 5.91 Å². The Balaban J connectivity index is 1.62. The second-order valence-corrected chi connectivity index (χ2v) is 9.34. The van der Waals surface area contributed by atoms with Crippen molar-refractivity contribution >= 4 is 23.5 Å². The first-order valence-electron chi connectivity index (χ1n) is 11.7. The van der Waals surface area contributed by atoms with E-state index in [1.54, 1.807) is 49.5 Å². The fourth-order valence-corrected chi connectivity index (χ4v) is 5.12. The highest BCUT2D eigenvalue weighted by atomic mass is 35.5. The SMILES string of the molecule is CNC(=O)C1c2cc(-c3cc(C(=O)O)c(-c4ccccc4Cl)cc3C)ccc2OC1c1ccc(F)cc1. The van der Waals surface area contributed by atoms with Crippen molar-refractivity contribution in [3.05, 3.63) is 112 Å². The van der Waals surface area contributed by atoms with Crippen LogP contribution in [0.4, 0.5) is 4.39 Å². The first-order valence-corrected chi connectivity index (χ1v) is 12.1. The smallest absolute Gasteiger partial charge is 0.336 e. The molecule has 5 rings (SSSR count). The highest BCUT2D eigenvalue weighted by Gasteiger charge is 2.40. The molecule has 0 spiro atoms. The fourth-order valence-electron chi connectivity index (χ4n) is 4.88. The summed E-state index contributed by atoms with van der Waals surface area (Å²) in [6.07, 6.45) is -0.621. The maximum absolute atomic E-state index is 13.5. The molecular formula is C30H23ClFNO4. The van der Waals surface area contributed by atoms with Crippen LogP contribution in [0, 0.1) is 12.7 Å². The summed E-state index contributed by atoms with van der Waals surface area (Å²) in [6.45, 7) is 1.91. The number of hydrogen-bond acceptors (Lipinski definition) is 3. The van der Waals surface area contributed by atoms with E-state index in [1.165, 1.54) is 12.1 Å². The number of fused-ring (bicyclic) bond motifs is 1. The molecule has 2 atom stereocenters. The molecule has 0 aliphatic carbocycles. The minimum Gasteiger partial charge on any atom is -0.484 e. The summed E-state index contributed by atoms with van der Waals surface area (Å²) < 4.78 is 19.7. The molecule has 1 heterocycles. The Kier molecular flexibility index (Phi) is 6.44. The molecular weight excluding hydrogens is 493 g/mol. The number of likely N-dealkylation sites (N-methyl/N-ethyl adjacent to an activating group) is 1. The number of aryl methyl sites for hydroxylation is 1. The van der Waals surface area contributed by atoms with Gasteiger partial charge < -0.3 is 15.2 Å². The molecule has 0 fully saturated rings. The number of ether oxygens (including phenoxy) is 1. The van der Waals surface area contributed by atoms with E-state index >= 15 is 0 Å². The van der Waals surface area contributed by atoms with E-state index in [0.29, 0.717) is 33.0 Å². The van der Waals surface area contributed by atoms with Gasteiger partial charge >= 0.3 is 5.97 Å². The second-order valence-electron chi connectivity index (χ2n) is 8.93. The lowest BCUT2D eigenvalue weighted by Crippen LogP contribution is -2.28. The van der Waals surface area contributed by atoms with Crippen molar-refractivity contribution in [3.63, 3.8) is 0 Å². The van der Waals surface area contributed by atoms with Gasteiger partial charge in [-0.3, -0.25) is 4.79 Å². The van der Waals surface area contributed by atoms with Gasteiger partial charge in [0.15, 0.2) is 0 Å². The number of carboxylic acid groups (broad SMARTS) is 1. The van der Waals surface area contributed by atoms with Gasteiger partial charge in [0.1, 0.15) is 23.6 Å². The zero-order chi connectivity index (χ0) is 26.3. The van der Waals surface area contributed by atoms with E-state index in [-0.39, 0.29) is 17.3 Å². The number of carbonyl (C=O) groups excluding carboxylic acids is 1. The van der Waals surface area contributed by atoms with Gasteiger partial charge in [-0.1, -0.05) is 48.0 Å². The Morgan fingerprint density at radius 2 is 1.68 bits per heavy atom. The van der Waals surface area contributed by atoms with Crippen LogP contribution >= 0.6 is 11.6 Å². The Bertz CT molecular complexity index is 1530. The highest BCUT2D eigenvalue weighted by molar-refractivity contribution is 6.33. The van der Waals surface area contributed by atoms with Gasteiger partial charge in [-0.25, -0.2) is 9.18 Å². The number of carboxylic acids is 1. The normalized spacial score (nSPS) is 16.1. The molecule has 0 saturated carbocycles. The molecule has 2 N–H and O–H groups in total. The maximum atomic E-state index is 13.5. The van der Waals surface area contributed by atoms with Crippen molar-refractivity contribution in [2.75, 3.05) is 7.05 Å². The first-order chi connectivity index (χ1) is 17.8. The zero-order valence-electron chi connectivity index (χ0n) is 20.1. The molecule has 0 radical (unpaired) electrons. The molecule has 2 unspecified atom stereocenters. The van der Waals surface area contributed by atoms with E-state index in [9.17, 15) is 19.1 Å². The Labute approximate surface area is 218 Å². The van der Waals surface area contributed by atoms with E-state index < -0.39 is 18.0 Å². The van der Waals surface area contributed by atoms with Gasteiger partial charge in [0, 0.05) is 23.2 Å². The van der Waals surface area contributed by atoms with Crippen LogP contribution in [0.5, 0.6) is 5.75 Å². The lowest BCUT2D eigenvalue weighted by atomic mass is 9.87. The van der Waals surface area contributed by atoms with Crippen molar-refractivity contribution in [1.82, 2.24) is 5.32 Å². The summed E-state index contributed by atoms with van der Waals surface area (Å²) in [5.74, 6) is -1.78. The minimum atomic E-state index is -1.07. The van der Waals surface area contributed by atoms with Crippen molar-refractivity contribution in [2.45, 2.75) is 18.9 Å². The predicted molar refractivity (Wildman–Crippen MR) is 141 cm³/mol. The third-order valence-corrected chi connectivity index (χ3v) is 7.03. The van der Waals surface area contributed by atoms with Crippen LogP contribution in [0.1, 0.15) is 39.1 Å². The van der Waals surface area contributed by atoms with E-state index in [2.05, 4.69) is 5.32 Å². The number of benzene rings is 4. The van der Waals surface area contributed by atoms with E-state index in [1.807, 2.05) is 31.2 Å². The molecule has 37 heavy (non-hydrogen) atoms. The Hall–Kier alpha value is -4.16. The van der Waals surface area contributed by atoms with Crippen molar-refractivity contribution in [3.8, 4) is 28.0 Å². The number of amides is 1. The molecule has 1 aliphatic heterocycles. The van der Waals surface area contributed by atoms with Gasteiger partial charge in [0.05, 0.1) is 5.56 Å².